The molecule has 2 heterocycles. The molecular formula is C26H31IN6O. The zero-order chi connectivity index (χ0) is 22.9. The van der Waals surface area contributed by atoms with E-state index < -0.39 is 0 Å². The number of guanidine groups is 1. The summed E-state index contributed by atoms with van der Waals surface area (Å²) in [5.74, 6) is 2.66. The van der Waals surface area contributed by atoms with Gasteiger partial charge >= 0.3 is 0 Å². The van der Waals surface area contributed by atoms with Gasteiger partial charge < -0.3 is 19.9 Å². The van der Waals surface area contributed by atoms with Crippen LogP contribution in [0, 0.1) is 6.92 Å². The third-order valence-electron chi connectivity index (χ3n) is 5.42. The van der Waals surface area contributed by atoms with E-state index in [1.54, 1.807) is 13.2 Å². The van der Waals surface area contributed by atoms with Gasteiger partial charge in [-0.05, 0) is 55.3 Å². The largest absolute Gasteiger partial charge is 0.487 e. The molecule has 0 radical (unpaired) electrons. The third kappa shape index (κ3) is 6.93. The van der Waals surface area contributed by atoms with E-state index in [1.807, 2.05) is 36.4 Å². The summed E-state index contributed by atoms with van der Waals surface area (Å²) in [5.41, 5.74) is 4.30. The predicted octanol–water partition coefficient (Wildman–Crippen LogP) is 4.69. The smallest absolute Gasteiger partial charge is 0.191 e. The highest BCUT2D eigenvalue weighted by atomic mass is 127. The molecule has 0 saturated carbocycles. The zero-order valence-electron chi connectivity index (χ0n) is 19.6. The number of nitrogens with one attached hydrogen (secondary N) is 2. The van der Waals surface area contributed by atoms with Crippen LogP contribution in [-0.2, 0) is 19.7 Å². The van der Waals surface area contributed by atoms with Crippen LogP contribution in [0.2, 0.25) is 0 Å². The highest BCUT2D eigenvalue weighted by molar-refractivity contribution is 14.0. The molecule has 2 aromatic carbocycles. The fourth-order valence-corrected chi connectivity index (χ4v) is 3.67. The van der Waals surface area contributed by atoms with Crippen molar-refractivity contribution in [2.45, 2.75) is 33.0 Å². The first-order chi connectivity index (χ1) is 16.2. The summed E-state index contributed by atoms with van der Waals surface area (Å²) < 4.78 is 8.07. The van der Waals surface area contributed by atoms with E-state index in [1.165, 1.54) is 5.52 Å². The minimum atomic E-state index is 0. The molecule has 34 heavy (non-hydrogen) atoms. The minimum absolute atomic E-state index is 0. The van der Waals surface area contributed by atoms with Crippen LogP contribution >= 0.6 is 24.0 Å². The molecule has 2 N–H and O–H groups in total. The summed E-state index contributed by atoms with van der Waals surface area (Å²) >= 11 is 0. The van der Waals surface area contributed by atoms with Gasteiger partial charge in [0.15, 0.2) is 5.96 Å². The highest BCUT2D eigenvalue weighted by Gasteiger charge is 2.06. The zero-order valence-corrected chi connectivity index (χ0v) is 21.9. The van der Waals surface area contributed by atoms with Gasteiger partial charge in [0.1, 0.15) is 18.2 Å². The van der Waals surface area contributed by atoms with Crippen LogP contribution in [0.4, 0.5) is 0 Å². The number of aromatic nitrogens is 3. The van der Waals surface area contributed by atoms with E-state index in [4.69, 9.17) is 4.74 Å². The lowest BCUT2D eigenvalue weighted by Crippen LogP contribution is -2.37. The van der Waals surface area contributed by atoms with Gasteiger partial charge in [0, 0.05) is 32.9 Å². The molecule has 0 aliphatic carbocycles. The highest BCUT2D eigenvalue weighted by Crippen LogP contribution is 2.16. The molecule has 0 saturated heterocycles. The number of imidazole rings is 1. The number of aliphatic imine (C=N–C) groups is 1. The van der Waals surface area contributed by atoms with Crippen LogP contribution in [0.5, 0.6) is 5.75 Å². The molecule has 8 heteroatoms. The second-order valence-corrected chi connectivity index (χ2v) is 7.76. The SMILES string of the molecule is CN=C(NCCCn1c(C)nc2ccccc21)NCc1ccc(OCc2ccccn2)cc1.I. The first kappa shape index (κ1) is 25.5. The second-order valence-electron chi connectivity index (χ2n) is 7.76. The fraction of sp³-hybridized carbons (Fsp3) is 0.269. The number of hydrogen-bond acceptors (Lipinski definition) is 4. The standard InChI is InChI=1S/C26H30N6O.HI/c1-20-31-24-9-3-4-10-25(24)32(20)17-7-16-29-26(27-2)30-18-21-11-13-23(14-12-21)33-19-22-8-5-6-15-28-22;/h3-6,8-15H,7,16-19H2,1-2H3,(H2,27,29,30);1H. The Hall–Kier alpha value is -3.14. The summed E-state index contributed by atoms with van der Waals surface area (Å²) in [6.45, 7) is 4.94. The van der Waals surface area contributed by atoms with Gasteiger partial charge in [-0.1, -0.05) is 30.3 Å². The normalized spacial score (nSPS) is 11.2. The average molecular weight is 570 g/mol. The molecule has 0 unspecified atom stereocenters. The van der Waals surface area contributed by atoms with Gasteiger partial charge in [0.05, 0.1) is 16.7 Å². The number of para-hydroxylation sites is 2. The lowest BCUT2D eigenvalue weighted by atomic mass is 10.2. The lowest BCUT2D eigenvalue weighted by molar-refractivity contribution is 0.301. The number of rotatable bonds is 9. The van der Waals surface area contributed by atoms with Gasteiger partial charge in [0.25, 0.3) is 0 Å². The van der Waals surface area contributed by atoms with Crippen LogP contribution in [0.3, 0.4) is 0 Å². The van der Waals surface area contributed by atoms with Crippen molar-refractivity contribution in [1.29, 1.82) is 0 Å². The molecule has 7 nitrogen and oxygen atoms in total. The number of halogens is 1. The second kappa shape index (κ2) is 12.9. The van der Waals surface area contributed by atoms with Gasteiger partial charge in [0.2, 0.25) is 0 Å². The first-order valence-corrected chi connectivity index (χ1v) is 11.2. The van der Waals surface area contributed by atoms with E-state index in [-0.39, 0.29) is 24.0 Å². The topological polar surface area (TPSA) is 76.4 Å². The average Bonchev–Trinajstić information content (AvgIpc) is 3.18. The van der Waals surface area contributed by atoms with Crippen molar-refractivity contribution < 1.29 is 4.74 Å². The van der Waals surface area contributed by atoms with Crippen molar-refractivity contribution in [1.82, 2.24) is 25.2 Å². The Morgan fingerprint density at radius 2 is 1.79 bits per heavy atom. The number of ether oxygens (including phenoxy) is 1. The Bertz CT molecular complexity index is 1190. The molecular weight excluding hydrogens is 539 g/mol. The Labute approximate surface area is 217 Å². The van der Waals surface area contributed by atoms with Crippen molar-refractivity contribution in [3.05, 3.63) is 90.0 Å². The van der Waals surface area contributed by atoms with Gasteiger partial charge in [-0.15, -0.1) is 24.0 Å². The number of aryl methyl sites for hydroxylation is 2. The summed E-state index contributed by atoms with van der Waals surface area (Å²) in [4.78, 5) is 13.2. The maximum absolute atomic E-state index is 5.80. The van der Waals surface area contributed by atoms with E-state index in [2.05, 4.69) is 67.4 Å². The summed E-state index contributed by atoms with van der Waals surface area (Å²) in [5, 5.41) is 6.76. The predicted molar refractivity (Wildman–Crippen MR) is 148 cm³/mol. The first-order valence-electron chi connectivity index (χ1n) is 11.2. The molecule has 0 spiro atoms. The van der Waals surface area contributed by atoms with Gasteiger partial charge in [-0.3, -0.25) is 9.98 Å². The number of pyridine rings is 1. The Morgan fingerprint density at radius 1 is 1.00 bits per heavy atom. The van der Waals surface area contributed by atoms with Crippen LogP contribution in [0.15, 0.2) is 77.9 Å². The van der Waals surface area contributed by atoms with E-state index in [0.29, 0.717) is 13.2 Å². The van der Waals surface area contributed by atoms with Crippen LogP contribution in [0.25, 0.3) is 11.0 Å². The minimum Gasteiger partial charge on any atom is -0.487 e. The van der Waals surface area contributed by atoms with Crippen molar-refractivity contribution in [2.75, 3.05) is 13.6 Å². The number of nitrogens with zero attached hydrogens (tertiary/aromatic N) is 4. The van der Waals surface area contributed by atoms with Crippen molar-refractivity contribution >= 4 is 41.0 Å². The Balaban J connectivity index is 0.00000324. The maximum Gasteiger partial charge on any atom is 0.191 e. The summed E-state index contributed by atoms with van der Waals surface area (Å²) in [6.07, 6.45) is 2.75. The fourth-order valence-electron chi connectivity index (χ4n) is 3.67. The molecule has 0 aliphatic rings. The van der Waals surface area contributed by atoms with Crippen LogP contribution < -0.4 is 15.4 Å². The van der Waals surface area contributed by atoms with Crippen molar-refractivity contribution in [3.8, 4) is 5.75 Å². The monoisotopic (exact) mass is 570 g/mol. The Kier molecular flexibility index (Phi) is 9.69. The molecule has 0 aliphatic heterocycles. The number of benzene rings is 2. The summed E-state index contributed by atoms with van der Waals surface area (Å²) in [6, 6.07) is 22.2. The molecule has 0 amide bonds. The quantitative estimate of drug-likeness (QED) is 0.132. The lowest BCUT2D eigenvalue weighted by Gasteiger charge is -2.13. The molecule has 0 bridgehead atoms. The third-order valence-corrected chi connectivity index (χ3v) is 5.42. The summed E-state index contributed by atoms with van der Waals surface area (Å²) in [7, 11) is 1.79. The van der Waals surface area contributed by atoms with E-state index >= 15 is 0 Å². The van der Waals surface area contributed by atoms with E-state index in [0.717, 1.165) is 53.8 Å². The molecule has 0 fully saturated rings. The van der Waals surface area contributed by atoms with Crippen molar-refractivity contribution in [2.24, 2.45) is 4.99 Å². The molecule has 4 aromatic rings. The molecule has 0 atom stereocenters. The molecule has 4 rings (SSSR count). The molecule has 2 aromatic heterocycles. The van der Waals surface area contributed by atoms with E-state index in [9.17, 15) is 0 Å². The molecule has 178 valence electrons. The number of hydrogen-bond donors (Lipinski definition) is 2. The Morgan fingerprint density at radius 3 is 2.56 bits per heavy atom. The van der Waals surface area contributed by atoms with Gasteiger partial charge in [-0.25, -0.2) is 4.98 Å². The van der Waals surface area contributed by atoms with Crippen molar-refractivity contribution in [3.63, 3.8) is 0 Å². The van der Waals surface area contributed by atoms with Crippen LogP contribution in [0.1, 0.15) is 23.5 Å². The van der Waals surface area contributed by atoms with Gasteiger partial charge in [-0.2, -0.15) is 0 Å². The van der Waals surface area contributed by atoms with Crippen LogP contribution in [-0.4, -0.2) is 34.1 Å². The number of fused-ring (bicyclic) bond motifs is 1. The maximum atomic E-state index is 5.80.